The quantitative estimate of drug-likeness (QED) is 0.789. The second-order valence-corrected chi connectivity index (χ2v) is 6.47. The molecule has 1 atom stereocenters. The number of oxazole rings is 1. The summed E-state index contributed by atoms with van der Waals surface area (Å²) >= 11 is 0. The third-order valence-electron chi connectivity index (χ3n) is 3.31. The lowest BCUT2D eigenvalue weighted by atomic mass is 9.94. The summed E-state index contributed by atoms with van der Waals surface area (Å²) in [7, 11) is 0. The van der Waals surface area contributed by atoms with Crippen LogP contribution in [0.25, 0.3) is 0 Å². The molecule has 0 bridgehead atoms. The van der Waals surface area contributed by atoms with E-state index < -0.39 is 12.5 Å². The van der Waals surface area contributed by atoms with E-state index in [1.807, 2.05) is 19.1 Å². The van der Waals surface area contributed by atoms with E-state index in [9.17, 15) is 4.79 Å². The van der Waals surface area contributed by atoms with Gasteiger partial charge in [0.2, 0.25) is 11.8 Å². The summed E-state index contributed by atoms with van der Waals surface area (Å²) in [6.07, 6.45) is 1.76. The molecular formula is C17H23N3O3. The van der Waals surface area contributed by atoms with Crippen molar-refractivity contribution in [2.45, 2.75) is 39.2 Å². The maximum atomic E-state index is 11.2. The van der Waals surface area contributed by atoms with Crippen molar-refractivity contribution in [3.05, 3.63) is 42.1 Å². The van der Waals surface area contributed by atoms with Gasteiger partial charge in [-0.3, -0.25) is 4.79 Å². The number of aliphatic hydroxyl groups is 1. The van der Waals surface area contributed by atoms with Gasteiger partial charge in [0, 0.05) is 16.8 Å². The van der Waals surface area contributed by atoms with Crippen LogP contribution in [0.4, 0.5) is 11.4 Å². The Morgan fingerprint density at radius 3 is 2.65 bits per heavy atom. The Morgan fingerprint density at radius 2 is 2.04 bits per heavy atom. The van der Waals surface area contributed by atoms with Crippen LogP contribution < -0.4 is 10.6 Å². The van der Waals surface area contributed by atoms with Crippen molar-refractivity contribution in [2.24, 2.45) is 0 Å². The Balaban J connectivity index is 2.08. The van der Waals surface area contributed by atoms with Crippen molar-refractivity contribution in [3.8, 4) is 0 Å². The molecule has 2 rings (SSSR count). The van der Waals surface area contributed by atoms with Gasteiger partial charge >= 0.3 is 0 Å². The van der Waals surface area contributed by atoms with Crippen LogP contribution in [0.3, 0.4) is 0 Å². The Labute approximate surface area is 135 Å². The molecular weight excluding hydrogens is 294 g/mol. The maximum Gasteiger partial charge on any atom is 0.250 e. The number of anilines is 2. The molecule has 0 radical (unpaired) electrons. The second kappa shape index (κ2) is 6.83. The SMILES string of the molecule is C[C@H](Nc1cccc(NC(=O)CO)c1)c1ncc(C(C)(C)C)o1. The Morgan fingerprint density at radius 1 is 1.35 bits per heavy atom. The molecule has 0 saturated carbocycles. The molecule has 0 aliphatic heterocycles. The highest BCUT2D eigenvalue weighted by atomic mass is 16.4. The molecule has 2 aromatic rings. The first-order chi connectivity index (χ1) is 10.8. The van der Waals surface area contributed by atoms with Crippen LogP contribution in [-0.4, -0.2) is 22.6 Å². The summed E-state index contributed by atoms with van der Waals surface area (Å²) in [6.45, 7) is 7.63. The lowest BCUT2D eigenvalue weighted by Gasteiger charge is -2.15. The predicted octanol–water partition coefficient (Wildman–Crippen LogP) is 3.08. The summed E-state index contributed by atoms with van der Waals surface area (Å²) in [5.74, 6) is 1.00. The second-order valence-electron chi connectivity index (χ2n) is 6.47. The maximum absolute atomic E-state index is 11.2. The molecule has 1 amide bonds. The van der Waals surface area contributed by atoms with E-state index in [0.29, 0.717) is 11.6 Å². The van der Waals surface area contributed by atoms with E-state index in [4.69, 9.17) is 9.52 Å². The summed E-state index contributed by atoms with van der Waals surface area (Å²) in [4.78, 5) is 15.6. The number of hydrogen-bond acceptors (Lipinski definition) is 5. The van der Waals surface area contributed by atoms with Crippen LogP contribution in [0, 0.1) is 0 Å². The molecule has 1 heterocycles. The number of aliphatic hydroxyl groups excluding tert-OH is 1. The fourth-order valence-corrected chi connectivity index (χ4v) is 2.03. The van der Waals surface area contributed by atoms with Crippen molar-refractivity contribution in [2.75, 3.05) is 17.2 Å². The minimum Gasteiger partial charge on any atom is -0.443 e. The number of rotatable bonds is 5. The van der Waals surface area contributed by atoms with E-state index in [2.05, 4.69) is 36.4 Å². The molecule has 3 N–H and O–H groups in total. The van der Waals surface area contributed by atoms with Crippen LogP contribution in [-0.2, 0) is 10.2 Å². The lowest BCUT2D eigenvalue weighted by Crippen LogP contribution is -2.15. The molecule has 1 aromatic heterocycles. The van der Waals surface area contributed by atoms with Crippen molar-refractivity contribution in [1.82, 2.24) is 4.98 Å². The largest absolute Gasteiger partial charge is 0.443 e. The van der Waals surface area contributed by atoms with Gasteiger partial charge in [-0.05, 0) is 25.1 Å². The van der Waals surface area contributed by atoms with E-state index in [-0.39, 0.29) is 11.5 Å². The minimum atomic E-state index is -0.542. The third-order valence-corrected chi connectivity index (χ3v) is 3.31. The van der Waals surface area contributed by atoms with Gasteiger partial charge in [0.15, 0.2) is 0 Å². The smallest absolute Gasteiger partial charge is 0.250 e. The molecule has 0 spiro atoms. The highest BCUT2D eigenvalue weighted by molar-refractivity contribution is 5.91. The Kier molecular flexibility index (Phi) is 5.05. The first-order valence-electron chi connectivity index (χ1n) is 7.53. The number of benzene rings is 1. The molecule has 6 heteroatoms. The number of hydrogen-bond donors (Lipinski definition) is 3. The van der Waals surface area contributed by atoms with E-state index in [1.165, 1.54) is 0 Å². The van der Waals surface area contributed by atoms with Gasteiger partial charge in [-0.15, -0.1) is 0 Å². The minimum absolute atomic E-state index is 0.0839. The molecule has 1 aromatic carbocycles. The van der Waals surface area contributed by atoms with Gasteiger partial charge in [-0.1, -0.05) is 26.8 Å². The molecule has 23 heavy (non-hydrogen) atoms. The van der Waals surface area contributed by atoms with Gasteiger partial charge in [0.25, 0.3) is 0 Å². The molecule has 6 nitrogen and oxygen atoms in total. The van der Waals surface area contributed by atoms with Crippen LogP contribution in [0.2, 0.25) is 0 Å². The van der Waals surface area contributed by atoms with Crippen LogP contribution in [0.1, 0.15) is 45.4 Å². The molecule has 0 aliphatic carbocycles. The van der Waals surface area contributed by atoms with Crippen molar-refractivity contribution in [1.29, 1.82) is 0 Å². The first-order valence-corrected chi connectivity index (χ1v) is 7.53. The number of carbonyl (C=O) groups is 1. The number of carbonyl (C=O) groups excluding carboxylic acids is 1. The van der Waals surface area contributed by atoms with Gasteiger partial charge in [-0.25, -0.2) is 4.98 Å². The van der Waals surface area contributed by atoms with Gasteiger partial charge < -0.3 is 20.2 Å². The number of nitrogens with one attached hydrogen (secondary N) is 2. The van der Waals surface area contributed by atoms with Crippen LogP contribution in [0.5, 0.6) is 0 Å². The molecule has 0 unspecified atom stereocenters. The summed E-state index contributed by atoms with van der Waals surface area (Å²) in [5.41, 5.74) is 1.35. The standard InChI is InChI=1S/C17H23N3O3/c1-11(16-18-9-14(23-16)17(2,3)4)19-12-6-5-7-13(8-12)20-15(22)10-21/h5-9,11,19,21H,10H2,1-4H3,(H,20,22)/t11-/m0/s1. The molecule has 0 saturated heterocycles. The van der Waals surface area contributed by atoms with Gasteiger partial charge in [0.1, 0.15) is 18.4 Å². The van der Waals surface area contributed by atoms with Gasteiger partial charge in [0.05, 0.1) is 6.20 Å². The molecule has 124 valence electrons. The average molecular weight is 317 g/mol. The summed E-state index contributed by atoms with van der Waals surface area (Å²) in [6, 6.07) is 7.13. The van der Waals surface area contributed by atoms with E-state index in [1.54, 1.807) is 18.3 Å². The summed E-state index contributed by atoms with van der Waals surface area (Å²) in [5, 5.41) is 14.7. The highest BCUT2D eigenvalue weighted by Crippen LogP contribution is 2.26. The Hall–Kier alpha value is -2.34. The van der Waals surface area contributed by atoms with Crippen molar-refractivity contribution in [3.63, 3.8) is 0 Å². The Bertz CT molecular complexity index is 674. The predicted molar refractivity (Wildman–Crippen MR) is 89.4 cm³/mol. The third kappa shape index (κ3) is 4.56. The fourth-order valence-electron chi connectivity index (χ4n) is 2.03. The fraction of sp³-hybridized carbons (Fsp3) is 0.412. The normalized spacial score (nSPS) is 12.7. The molecule has 0 fully saturated rings. The van der Waals surface area contributed by atoms with Crippen LogP contribution >= 0.6 is 0 Å². The lowest BCUT2D eigenvalue weighted by molar-refractivity contribution is -0.118. The number of nitrogens with zero attached hydrogens (tertiary/aromatic N) is 1. The first kappa shape index (κ1) is 17.0. The van der Waals surface area contributed by atoms with Gasteiger partial charge in [-0.2, -0.15) is 0 Å². The van der Waals surface area contributed by atoms with E-state index in [0.717, 1.165) is 11.4 Å². The van der Waals surface area contributed by atoms with Crippen molar-refractivity contribution >= 4 is 17.3 Å². The zero-order valence-corrected chi connectivity index (χ0v) is 13.9. The highest BCUT2D eigenvalue weighted by Gasteiger charge is 2.21. The number of amides is 1. The average Bonchev–Trinajstić information content (AvgIpc) is 2.97. The van der Waals surface area contributed by atoms with E-state index >= 15 is 0 Å². The topological polar surface area (TPSA) is 87.4 Å². The molecule has 0 aliphatic rings. The summed E-state index contributed by atoms with van der Waals surface area (Å²) < 4.78 is 5.82. The van der Waals surface area contributed by atoms with Crippen molar-refractivity contribution < 1.29 is 14.3 Å². The van der Waals surface area contributed by atoms with Crippen LogP contribution in [0.15, 0.2) is 34.9 Å². The monoisotopic (exact) mass is 317 g/mol. The zero-order valence-electron chi connectivity index (χ0n) is 13.9. The number of aromatic nitrogens is 1. The zero-order chi connectivity index (χ0) is 17.0.